The number of nitrogen functional groups attached to an aromatic ring is 1. The summed E-state index contributed by atoms with van der Waals surface area (Å²) in [7, 11) is 1.63. The molecule has 1 aliphatic carbocycles. The van der Waals surface area contributed by atoms with E-state index in [-0.39, 0.29) is 5.91 Å². The van der Waals surface area contributed by atoms with Crippen molar-refractivity contribution in [3.63, 3.8) is 0 Å². The summed E-state index contributed by atoms with van der Waals surface area (Å²) in [5.74, 6) is -0.0937. The van der Waals surface area contributed by atoms with Crippen molar-refractivity contribution in [3.05, 3.63) is 35.9 Å². The first-order chi connectivity index (χ1) is 8.70. The molecule has 2 rings (SSSR count). The van der Waals surface area contributed by atoms with E-state index in [4.69, 9.17) is 5.73 Å². The van der Waals surface area contributed by atoms with Crippen LogP contribution in [-0.2, 0) is 0 Å². The lowest BCUT2D eigenvalue weighted by Crippen LogP contribution is -2.24. The van der Waals surface area contributed by atoms with Crippen LogP contribution < -0.4 is 16.4 Å². The molecule has 0 spiro atoms. The number of carbonyl (C=O) groups excluding carboxylic acids is 1. The van der Waals surface area contributed by atoms with E-state index in [2.05, 4.69) is 22.8 Å². The maximum Gasteiger partial charge on any atom is 0.253 e. The highest BCUT2D eigenvalue weighted by molar-refractivity contribution is 6.00. The SMILES string of the molecule is CNC(=O)c1ccc(N)cc1NC1CC=CCC1. The van der Waals surface area contributed by atoms with Crippen LogP contribution in [0.5, 0.6) is 0 Å². The van der Waals surface area contributed by atoms with Gasteiger partial charge >= 0.3 is 0 Å². The molecule has 0 heterocycles. The number of hydrogen-bond donors (Lipinski definition) is 3. The van der Waals surface area contributed by atoms with Crippen LogP contribution in [0.25, 0.3) is 0 Å². The third-order valence-corrected chi connectivity index (χ3v) is 3.14. The number of nitrogens with two attached hydrogens (primary N) is 1. The summed E-state index contributed by atoms with van der Waals surface area (Å²) in [6, 6.07) is 5.70. The fourth-order valence-electron chi connectivity index (χ4n) is 2.16. The van der Waals surface area contributed by atoms with Crippen LogP contribution in [-0.4, -0.2) is 19.0 Å². The van der Waals surface area contributed by atoms with Gasteiger partial charge < -0.3 is 16.4 Å². The van der Waals surface area contributed by atoms with Crippen molar-refractivity contribution in [3.8, 4) is 0 Å². The maximum absolute atomic E-state index is 11.8. The molecular formula is C14H19N3O. The minimum atomic E-state index is -0.0937. The number of nitrogens with one attached hydrogen (secondary N) is 2. The average molecular weight is 245 g/mol. The average Bonchev–Trinajstić information content (AvgIpc) is 2.39. The predicted octanol–water partition coefficient (Wildman–Crippen LogP) is 2.15. The zero-order valence-corrected chi connectivity index (χ0v) is 10.6. The van der Waals surface area contributed by atoms with E-state index in [9.17, 15) is 4.79 Å². The van der Waals surface area contributed by atoms with E-state index < -0.39 is 0 Å². The van der Waals surface area contributed by atoms with E-state index in [1.165, 1.54) is 0 Å². The van der Waals surface area contributed by atoms with Gasteiger partial charge in [-0.3, -0.25) is 4.79 Å². The van der Waals surface area contributed by atoms with Crippen LogP contribution in [0.15, 0.2) is 30.4 Å². The Morgan fingerprint density at radius 2 is 2.22 bits per heavy atom. The summed E-state index contributed by atoms with van der Waals surface area (Å²) in [5.41, 5.74) is 7.91. The Balaban J connectivity index is 2.21. The lowest BCUT2D eigenvalue weighted by atomic mass is 10.0. The molecule has 18 heavy (non-hydrogen) atoms. The van der Waals surface area contributed by atoms with Crippen LogP contribution in [0.2, 0.25) is 0 Å². The largest absolute Gasteiger partial charge is 0.399 e. The topological polar surface area (TPSA) is 67.2 Å². The second-order valence-electron chi connectivity index (χ2n) is 4.51. The standard InChI is InChI=1S/C14H19N3O/c1-16-14(18)12-8-7-10(15)9-13(12)17-11-5-3-2-4-6-11/h2-3,7-9,11,17H,4-6,15H2,1H3,(H,16,18). The van der Waals surface area contributed by atoms with Crippen LogP contribution >= 0.6 is 0 Å². The summed E-state index contributed by atoms with van der Waals surface area (Å²) >= 11 is 0. The zero-order chi connectivity index (χ0) is 13.0. The lowest BCUT2D eigenvalue weighted by Gasteiger charge is -2.22. The quantitative estimate of drug-likeness (QED) is 0.564. The van der Waals surface area contributed by atoms with Crippen LogP contribution in [0, 0.1) is 0 Å². The molecule has 0 radical (unpaired) electrons. The Bertz CT molecular complexity index is 468. The van der Waals surface area contributed by atoms with Gasteiger partial charge in [-0.05, 0) is 37.5 Å². The van der Waals surface area contributed by atoms with Crippen molar-refractivity contribution in [2.75, 3.05) is 18.1 Å². The van der Waals surface area contributed by atoms with E-state index >= 15 is 0 Å². The first-order valence-corrected chi connectivity index (χ1v) is 6.24. The molecule has 0 aliphatic heterocycles. The van der Waals surface area contributed by atoms with Crippen molar-refractivity contribution in [1.82, 2.24) is 5.32 Å². The Morgan fingerprint density at radius 3 is 2.89 bits per heavy atom. The van der Waals surface area contributed by atoms with Gasteiger partial charge in [0.2, 0.25) is 0 Å². The summed E-state index contributed by atoms with van der Waals surface area (Å²) in [4.78, 5) is 11.8. The van der Waals surface area contributed by atoms with Crippen molar-refractivity contribution >= 4 is 17.3 Å². The molecule has 0 saturated carbocycles. The van der Waals surface area contributed by atoms with Gasteiger partial charge in [-0.1, -0.05) is 12.2 Å². The normalized spacial score (nSPS) is 18.4. The summed E-state index contributed by atoms with van der Waals surface area (Å²) < 4.78 is 0. The van der Waals surface area contributed by atoms with Gasteiger partial charge in [0.15, 0.2) is 0 Å². The first-order valence-electron chi connectivity index (χ1n) is 6.24. The van der Waals surface area contributed by atoms with E-state index in [1.807, 2.05) is 6.07 Å². The first kappa shape index (κ1) is 12.5. The Labute approximate surface area is 107 Å². The smallest absolute Gasteiger partial charge is 0.253 e. The van der Waals surface area contributed by atoms with Crippen molar-refractivity contribution in [1.29, 1.82) is 0 Å². The van der Waals surface area contributed by atoms with Gasteiger partial charge in [0.25, 0.3) is 5.91 Å². The van der Waals surface area contributed by atoms with Gasteiger partial charge in [0.1, 0.15) is 0 Å². The Kier molecular flexibility index (Phi) is 3.87. The fourth-order valence-corrected chi connectivity index (χ4v) is 2.16. The molecule has 1 atom stereocenters. The monoisotopic (exact) mass is 245 g/mol. The molecule has 1 unspecified atom stereocenters. The molecule has 4 N–H and O–H groups in total. The van der Waals surface area contributed by atoms with Crippen LogP contribution in [0.4, 0.5) is 11.4 Å². The number of benzene rings is 1. The minimum Gasteiger partial charge on any atom is -0.399 e. The summed E-state index contributed by atoms with van der Waals surface area (Å²) in [6.07, 6.45) is 7.51. The van der Waals surface area contributed by atoms with Crippen molar-refractivity contribution < 1.29 is 4.79 Å². The van der Waals surface area contributed by atoms with E-state index in [0.717, 1.165) is 24.9 Å². The zero-order valence-electron chi connectivity index (χ0n) is 10.6. The lowest BCUT2D eigenvalue weighted by molar-refractivity contribution is 0.0964. The van der Waals surface area contributed by atoms with Crippen molar-refractivity contribution in [2.24, 2.45) is 0 Å². The third kappa shape index (κ3) is 2.83. The van der Waals surface area contributed by atoms with E-state index in [0.29, 0.717) is 17.3 Å². The third-order valence-electron chi connectivity index (χ3n) is 3.14. The number of rotatable bonds is 3. The number of amides is 1. The molecule has 4 nitrogen and oxygen atoms in total. The van der Waals surface area contributed by atoms with Crippen LogP contribution in [0.1, 0.15) is 29.6 Å². The second-order valence-corrected chi connectivity index (χ2v) is 4.51. The molecule has 1 amide bonds. The maximum atomic E-state index is 11.8. The predicted molar refractivity (Wildman–Crippen MR) is 74.6 cm³/mol. The van der Waals surface area contributed by atoms with Gasteiger partial charge in [0.05, 0.1) is 5.56 Å². The fraction of sp³-hybridized carbons (Fsp3) is 0.357. The van der Waals surface area contributed by atoms with Gasteiger partial charge in [-0.2, -0.15) is 0 Å². The molecule has 96 valence electrons. The molecule has 0 saturated heterocycles. The van der Waals surface area contributed by atoms with Crippen molar-refractivity contribution in [2.45, 2.75) is 25.3 Å². The number of anilines is 2. The second kappa shape index (κ2) is 5.58. The molecule has 1 aromatic rings. The van der Waals surface area contributed by atoms with Crippen LogP contribution in [0.3, 0.4) is 0 Å². The Morgan fingerprint density at radius 1 is 1.39 bits per heavy atom. The van der Waals surface area contributed by atoms with Gasteiger partial charge in [0, 0.05) is 24.5 Å². The highest BCUT2D eigenvalue weighted by Gasteiger charge is 2.15. The molecule has 0 bridgehead atoms. The van der Waals surface area contributed by atoms with Gasteiger partial charge in [-0.25, -0.2) is 0 Å². The summed E-state index contributed by atoms with van der Waals surface area (Å²) in [5, 5.41) is 6.06. The highest BCUT2D eigenvalue weighted by Crippen LogP contribution is 2.23. The molecular weight excluding hydrogens is 226 g/mol. The molecule has 1 aromatic carbocycles. The summed E-state index contributed by atoms with van der Waals surface area (Å²) in [6.45, 7) is 0. The Hall–Kier alpha value is -1.97. The molecule has 1 aliphatic rings. The van der Waals surface area contributed by atoms with E-state index in [1.54, 1.807) is 19.2 Å². The number of carbonyl (C=O) groups is 1. The van der Waals surface area contributed by atoms with Gasteiger partial charge in [-0.15, -0.1) is 0 Å². The number of allylic oxidation sites excluding steroid dienone is 1. The number of hydrogen-bond acceptors (Lipinski definition) is 3. The minimum absolute atomic E-state index is 0.0937. The molecule has 4 heteroatoms. The highest BCUT2D eigenvalue weighted by atomic mass is 16.1. The molecule has 0 aromatic heterocycles. The molecule has 0 fully saturated rings.